The van der Waals surface area contributed by atoms with E-state index in [1.54, 1.807) is 0 Å². The van der Waals surface area contributed by atoms with Crippen molar-refractivity contribution in [2.75, 3.05) is 27.2 Å². The van der Waals surface area contributed by atoms with Crippen LogP contribution in [0.25, 0.3) is 0 Å². The number of hydrogen-bond donors (Lipinski definition) is 0. The molecule has 0 bridgehead atoms. The standard InChI is InChI=1S/C13H30N2/c1-12(2)14(5)10-8-7-9-11-15(6)13(3)4/h12-13H,7-11H2,1-6H3. The Labute approximate surface area is 96.6 Å². The maximum Gasteiger partial charge on any atom is 0.00355 e. The molecule has 0 aromatic carbocycles. The summed E-state index contributed by atoms with van der Waals surface area (Å²) < 4.78 is 0. The van der Waals surface area contributed by atoms with Crippen LogP contribution >= 0.6 is 0 Å². The van der Waals surface area contributed by atoms with Crippen LogP contribution in [-0.2, 0) is 0 Å². The Kier molecular flexibility index (Phi) is 8.07. The first-order valence-electron chi connectivity index (χ1n) is 6.35. The average molecular weight is 214 g/mol. The first-order chi connectivity index (χ1) is 6.95. The third-order valence-electron chi connectivity index (χ3n) is 3.28. The van der Waals surface area contributed by atoms with Crippen LogP contribution in [-0.4, -0.2) is 49.1 Å². The van der Waals surface area contributed by atoms with E-state index >= 15 is 0 Å². The summed E-state index contributed by atoms with van der Waals surface area (Å²) in [6, 6.07) is 1.37. The fourth-order valence-corrected chi connectivity index (χ4v) is 1.42. The van der Waals surface area contributed by atoms with Crippen molar-refractivity contribution in [2.24, 2.45) is 0 Å². The lowest BCUT2D eigenvalue weighted by Crippen LogP contribution is -2.28. The number of rotatable bonds is 8. The summed E-state index contributed by atoms with van der Waals surface area (Å²) in [5, 5.41) is 0. The van der Waals surface area contributed by atoms with Gasteiger partial charge in [-0.1, -0.05) is 6.42 Å². The molecule has 0 spiro atoms. The zero-order valence-corrected chi connectivity index (χ0v) is 11.6. The summed E-state index contributed by atoms with van der Waals surface area (Å²) >= 11 is 0. The molecule has 0 N–H and O–H groups in total. The van der Waals surface area contributed by atoms with Crippen LogP contribution in [0.1, 0.15) is 47.0 Å². The fraction of sp³-hybridized carbons (Fsp3) is 1.00. The average Bonchev–Trinajstić information content (AvgIpc) is 2.16. The van der Waals surface area contributed by atoms with Gasteiger partial charge in [0.2, 0.25) is 0 Å². The second kappa shape index (κ2) is 8.12. The van der Waals surface area contributed by atoms with Crippen molar-refractivity contribution in [2.45, 2.75) is 59.0 Å². The largest absolute Gasteiger partial charge is 0.304 e. The van der Waals surface area contributed by atoms with Gasteiger partial charge in [0.25, 0.3) is 0 Å². The fourth-order valence-electron chi connectivity index (χ4n) is 1.42. The zero-order chi connectivity index (χ0) is 11.8. The predicted octanol–water partition coefficient (Wildman–Crippen LogP) is 2.84. The van der Waals surface area contributed by atoms with Crippen LogP contribution < -0.4 is 0 Å². The maximum absolute atomic E-state index is 2.42. The maximum atomic E-state index is 2.42. The van der Waals surface area contributed by atoms with Crippen LogP contribution in [0.2, 0.25) is 0 Å². The molecule has 0 amide bonds. The topological polar surface area (TPSA) is 6.48 Å². The lowest BCUT2D eigenvalue weighted by atomic mass is 10.2. The lowest BCUT2D eigenvalue weighted by molar-refractivity contribution is 0.250. The Balaban J connectivity index is 3.32. The Morgan fingerprint density at radius 1 is 0.667 bits per heavy atom. The van der Waals surface area contributed by atoms with Crippen molar-refractivity contribution in [3.8, 4) is 0 Å². The number of nitrogens with zero attached hydrogens (tertiary/aromatic N) is 2. The van der Waals surface area contributed by atoms with Gasteiger partial charge in [-0.3, -0.25) is 0 Å². The van der Waals surface area contributed by atoms with E-state index in [1.165, 1.54) is 32.4 Å². The van der Waals surface area contributed by atoms with Gasteiger partial charge >= 0.3 is 0 Å². The first-order valence-corrected chi connectivity index (χ1v) is 6.35. The summed E-state index contributed by atoms with van der Waals surface area (Å²) in [6.45, 7) is 11.5. The molecule has 0 aliphatic heterocycles. The molecule has 15 heavy (non-hydrogen) atoms. The highest BCUT2D eigenvalue weighted by molar-refractivity contribution is 4.59. The van der Waals surface area contributed by atoms with E-state index in [2.05, 4.69) is 51.6 Å². The molecule has 0 saturated heterocycles. The Hall–Kier alpha value is -0.0800. The van der Waals surface area contributed by atoms with Gasteiger partial charge < -0.3 is 9.80 Å². The van der Waals surface area contributed by atoms with Crippen molar-refractivity contribution in [3.05, 3.63) is 0 Å². The van der Waals surface area contributed by atoms with Crippen molar-refractivity contribution in [1.82, 2.24) is 9.80 Å². The van der Waals surface area contributed by atoms with Crippen LogP contribution in [0.3, 0.4) is 0 Å². The minimum absolute atomic E-state index is 0.684. The Morgan fingerprint density at radius 3 is 1.27 bits per heavy atom. The molecule has 0 fully saturated rings. The monoisotopic (exact) mass is 214 g/mol. The van der Waals surface area contributed by atoms with Crippen molar-refractivity contribution in [1.29, 1.82) is 0 Å². The molecule has 0 saturated carbocycles. The molecular formula is C13H30N2. The molecule has 0 aromatic heterocycles. The number of hydrogen-bond acceptors (Lipinski definition) is 2. The normalized spacial score (nSPS) is 12.4. The predicted molar refractivity (Wildman–Crippen MR) is 69.4 cm³/mol. The molecule has 0 radical (unpaired) electrons. The lowest BCUT2D eigenvalue weighted by Gasteiger charge is -2.22. The van der Waals surface area contributed by atoms with Crippen LogP contribution in [0.4, 0.5) is 0 Å². The highest BCUT2D eigenvalue weighted by Gasteiger charge is 2.04. The summed E-state index contributed by atoms with van der Waals surface area (Å²) in [5.41, 5.74) is 0. The molecule has 0 aliphatic rings. The molecule has 0 rings (SSSR count). The Morgan fingerprint density at radius 2 is 1.00 bits per heavy atom. The highest BCUT2D eigenvalue weighted by atomic mass is 15.1. The van der Waals surface area contributed by atoms with Gasteiger partial charge in [-0.05, 0) is 67.7 Å². The SMILES string of the molecule is CC(C)N(C)CCCCCN(C)C(C)C. The van der Waals surface area contributed by atoms with E-state index in [4.69, 9.17) is 0 Å². The smallest absolute Gasteiger partial charge is 0.00355 e. The van der Waals surface area contributed by atoms with E-state index in [0.29, 0.717) is 12.1 Å². The molecule has 0 atom stereocenters. The Bertz CT molecular complexity index is 127. The van der Waals surface area contributed by atoms with Crippen molar-refractivity contribution >= 4 is 0 Å². The molecule has 0 unspecified atom stereocenters. The second-order valence-corrected chi connectivity index (χ2v) is 5.21. The minimum atomic E-state index is 0.684. The van der Waals surface area contributed by atoms with Gasteiger partial charge in [-0.25, -0.2) is 0 Å². The van der Waals surface area contributed by atoms with Crippen LogP contribution in [0.15, 0.2) is 0 Å². The van der Waals surface area contributed by atoms with E-state index < -0.39 is 0 Å². The summed E-state index contributed by atoms with van der Waals surface area (Å²) in [5.74, 6) is 0. The molecule has 0 heterocycles. The molecule has 2 nitrogen and oxygen atoms in total. The molecular weight excluding hydrogens is 184 g/mol. The highest BCUT2D eigenvalue weighted by Crippen LogP contribution is 2.03. The van der Waals surface area contributed by atoms with Crippen LogP contribution in [0, 0.1) is 0 Å². The van der Waals surface area contributed by atoms with E-state index in [0.717, 1.165) is 0 Å². The second-order valence-electron chi connectivity index (χ2n) is 5.21. The minimum Gasteiger partial charge on any atom is -0.304 e. The van der Waals surface area contributed by atoms with Crippen molar-refractivity contribution < 1.29 is 0 Å². The van der Waals surface area contributed by atoms with Gasteiger partial charge in [-0.15, -0.1) is 0 Å². The van der Waals surface area contributed by atoms with Crippen LogP contribution in [0.5, 0.6) is 0 Å². The van der Waals surface area contributed by atoms with E-state index in [-0.39, 0.29) is 0 Å². The van der Waals surface area contributed by atoms with Gasteiger partial charge in [0.15, 0.2) is 0 Å². The van der Waals surface area contributed by atoms with Gasteiger partial charge in [0.1, 0.15) is 0 Å². The first kappa shape index (κ1) is 14.9. The quantitative estimate of drug-likeness (QED) is 0.573. The zero-order valence-electron chi connectivity index (χ0n) is 11.6. The molecule has 0 aliphatic carbocycles. The van der Waals surface area contributed by atoms with E-state index in [9.17, 15) is 0 Å². The number of unbranched alkanes of at least 4 members (excludes halogenated alkanes) is 2. The summed E-state index contributed by atoms with van der Waals surface area (Å²) in [7, 11) is 4.43. The summed E-state index contributed by atoms with van der Waals surface area (Å²) in [6.07, 6.45) is 4.02. The molecule has 0 aromatic rings. The molecule has 2 heteroatoms. The van der Waals surface area contributed by atoms with Crippen molar-refractivity contribution in [3.63, 3.8) is 0 Å². The third kappa shape index (κ3) is 7.80. The van der Waals surface area contributed by atoms with Gasteiger partial charge in [-0.2, -0.15) is 0 Å². The van der Waals surface area contributed by atoms with Gasteiger partial charge in [0.05, 0.1) is 0 Å². The summed E-state index contributed by atoms with van der Waals surface area (Å²) in [4.78, 5) is 4.85. The van der Waals surface area contributed by atoms with E-state index in [1.807, 2.05) is 0 Å². The van der Waals surface area contributed by atoms with Gasteiger partial charge in [0, 0.05) is 12.1 Å². The third-order valence-corrected chi connectivity index (χ3v) is 3.28. The molecule has 92 valence electrons.